The smallest absolute Gasteiger partial charge is 0.657 e. The second-order valence-corrected chi connectivity index (χ2v) is 7.50. The van der Waals surface area contributed by atoms with Gasteiger partial charge in [0.2, 0.25) is 0 Å². The Hall–Kier alpha value is -3.94. The van der Waals surface area contributed by atoms with Crippen molar-refractivity contribution in [1.82, 2.24) is 19.9 Å². The van der Waals surface area contributed by atoms with Crippen LogP contribution < -0.4 is 9.97 Å². The Bertz CT molecular complexity index is 1420. The van der Waals surface area contributed by atoms with Crippen LogP contribution in [-0.2, 0) is 26.5 Å². The molecule has 0 unspecified atom stereocenters. The zero-order chi connectivity index (χ0) is 23.7. The van der Waals surface area contributed by atoms with E-state index in [9.17, 15) is 9.59 Å². The molecule has 35 heavy (non-hydrogen) atoms. The number of carbonyl (C=O) groups excluding carboxylic acids is 2. The number of ether oxygens (including phenoxy) is 2. The Morgan fingerprint density at radius 3 is 1.54 bits per heavy atom. The Kier molecular flexibility index (Phi) is 7.00. The van der Waals surface area contributed by atoms with Crippen molar-refractivity contribution in [1.29, 1.82) is 0 Å². The van der Waals surface area contributed by atoms with Gasteiger partial charge in [-0.3, -0.25) is 0 Å². The Labute approximate surface area is 211 Å². The van der Waals surface area contributed by atoms with Crippen molar-refractivity contribution >= 4 is 58.3 Å². The van der Waals surface area contributed by atoms with E-state index in [1.165, 1.54) is 0 Å². The van der Waals surface area contributed by atoms with Crippen LogP contribution in [0.1, 0.15) is 57.3 Å². The maximum absolute atomic E-state index is 12.8. The van der Waals surface area contributed by atoms with Gasteiger partial charge in [-0.25, -0.2) is 19.6 Å². The first-order valence-electron chi connectivity index (χ1n) is 10.9. The maximum Gasteiger partial charge on any atom is 3.00 e. The fourth-order valence-corrected chi connectivity index (χ4v) is 3.78. The Morgan fingerprint density at radius 1 is 0.714 bits per heavy atom. The van der Waals surface area contributed by atoms with E-state index in [0.717, 1.165) is 0 Å². The number of fused-ring (bicyclic) bond motifs is 8. The largest absolute Gasteiger partial charge is 3.00 e. The van der Waals surface area contributed by atoms with Gasteiger partial charge in [-0.05, 0) is 38.2 Å². The van der Waals surface area contributed by atoms with Gasteiger partial charge in [0, 0.05) is 0 Å². The SMILES string of the molecule is CCOC(=O)c1c2nc(cc3ccc([n-]3)c(C(=O)OCC)c3nc(cc4ccc1[n-]4)C=C3)C=C2.[Mn+3]. The molecule has 3 aromatic rings. The van der Waals surface area contributed by atoms with Crippen molar-refractivity contribution in [3.05, 3.63) is 70.3 Å². The van der Waals surface area contributed by atoms with E-state index < -0.39 is 11.9 Å². The molecule has 2 aliphatic rings. The summed E-state index contributed by atoms with van der Waals surface area (Å²) in [5.74, 6) is -0.983. The third-order valence-electron chi connectivity index (χ3n) is 5.22. The summed E-state index contributed by atoms with van der Waals surface area (Å²) in [5, 5.41) is 0. The van der Waals surface area contributed by atoms with E-state index in [-0.39, 0.29) is 30.3 Å². The molecule has 5 heterocycles. The van der Waals surface area contributed by atoms with Crippen molar-refractivity contribution in [3.63, 3.8) is 0 Å². The topological polar surface area (TPSA) is 107 Å². The van der Waals surface area contributed by atoms with Crippen molar-refractivity contribution in [2.45, 2.75) is 13.8 Å². The van der Waals surface area contributed by atoms with Gasteiger partial charge in [0.15, 0.2) is 0 Å². The third kappa shape index (κ3) is 4.82. The minimum atomic E-state index is -0.492. The molecule has 0 amide bonds. The van der Waals surface area contributed by atoms with Crippen LogP contribution >= 0.6 is 0 Å². The van der Waals surface area contributed by atoms with Crippen molar-refractivity contribution in [3.8, 4) is 0 Å². The predicted molar refractivity (Wildman–Crippen MR) is 129 cm³/mol. The minimum absolute atomic E-state index is 0. The van der Waals surface area contributed by atoms with Crippen LogP contribution in [0, 0.1) is 0 Å². The summed E-state index contributed by atoms with van der Waals surface area (Å²) in [5.41, 5.74) is 4.85. The minimum Gasteiger partial charge on any atom is -0.657 e. The zero-order valence-electron chi connectivity index (χ0n) is 19.0. The number of nitrogens with zero attached hydrogens (tertiary/aromatic N) is 4. The van der Waals surface area contributed by atoms with Crippen LogP contribution in [0.15, 0.2) is 36.4 Å². The molecule has 0 spiro atoms. The predicted octanol–water partition coefficient (Wildman–Crippen LogP) is 4.26. The van der Waals surface area contributed by atoms with Crippen molar-refractivity contribution < 1.29 is 36.1 Å². The van der Waals surface area contributed by atoms with Gasteiger partial charge in [-0.15, -0.1) is 22.1 Å². The summed E-state index contributed by atoms with van der Waals surface area (Å²) in [6.07, 6.45) is 7.08. The van der Waals surface area contributed by atoms with E-state index in [1.54, 1.807) is 74.5 Å². The second-order valence-electron chi connectivity index (χ2n) is 7.50. The summed E-state index contributed by atoms with van der Waals surface area (Å²) in [6, 6.07) is 10.6. The number of hydrogen-bond donors (Lipinski definition) is 0. The molecule has 0 radical (unpaired) electrons. The van der Waals surface area contributed by atoms with Gasteiger partial charge in [-0.1, -0.05) is 36.4 Å². The quantitative estimate of drug-likeness (QED) is 0.262. The number of carbonyl (C=O) groups is 2. The zero-order valence-corrected chi connectivity index (χ0v) is 20.2. The summed E-state index contributed by atoms with van der Waals surface area (Å²) in [6.45, 7) is 3.98. The normalized spacial score (nSPS) is 11.7. The summed E-state index contributed by atoms with van der Waals surface area (Å²) in [4.78, 5) is 43.9. The average Bonchev–Trinajstić information content (AvgIpc) is 3.60. The molecule has 0 saturated heterocycles. The summed E-state index contributed by atoms with van der Waals surface area (Å²) < 4.78 is 10.5. The van der Waals surface area contributed by atoms with Crippen LogP contribution in [0.5, 0.6) is 0 Å². The molecular formula is C26H20MnN4O4+. The van der Waals surface area contributed by atoms with E-state index in [0.29, 0.717) is 56.0 Å². The van der Waals surface area contributed by atoms with Crippen LogP contribution in [-0.4, -0.2) is 35.1 Å². The number of aromatic nitrogens is 4. The molecule has 0 aromatic carbocycles. The molecule has 2 aliphatic heterocycles. The van der Waals surface area contributed by atoms with E-state index in [2.05, 4.69) is 19.9 Å². The molecule has 0 fully saturated rings. The van der Waals surface area contributed by atoms with Crippen LogP contribution in [0.25, 0.3) is 46.4 Å². The molecular weight excluding hydrogens is 487 g/mol. The Morgan fingerprint density at radius 2 is 1.14 bits per heavy atom. The first-order valence-corrected chi connectivity index (χ1v) is 10.9. The number of rotatable bonds is 4. The van der Waals surface area contributed by atoms with Crippen LogP contribution in [0.3, 0.4) is 0 Å². The first kappa shape index (κ1) is 24.2. The summed E-state index contributed by atoms with van der Waals surface area (Å²) >= 11 is 0. The van der Waals surface area contributed by atoms with E-state index in [4.69, 9.17) is 9.47 Å². The molecule has 0 N–H and O–H groups in total. The fourth-order valence-electron chi connectivity index (χ4n) is 3.78. The average molecular weight is 507 g/mol. The van der Waals surface area contributed by atoms with Crippen LogP contribution in [0.4, 0.5) is 0 Å². The fraction of sp³-hybridized carbons (Fsp3) is 0.154. The van der Waals surface area contributed by atoms with Crippen molar-refractivity contribution in [2.75, 3.05) is 13.2 Å². The standard InChI is InChI=1S/C26H21N4O4.Mn/c1-3-33-25(31)23-19-9-5-15(27-19)13-17-7-11-21(29-17)24(26(32)34-4-2)22-12-8-18(30-22)14-16-6-10-20(23)28-16;/h5-14H,3-4H2,1-2H3,(H-,27,28,29,30,31,32);/q-1;+3/p-1. The molecule has 8 bridgehead atoms. The van der Waals surface area contributed by atoms with Crippen LogP contribution in [0.2, 0.25) is 0 Å². The molecule has 0 saturated carbocycles. The molecule has 5 rings (SSSR count). The molecule has 0 atom stereocenters. The van der Waals surface area contributed by atoms with Gasteiger partial charge in [-0.2, -0.15) is 0 Å². The van der Waals surface area contributed by atoms with E-state index >= 15 is 0 Å². The molecule has 9 heteroatoms. The van der Waals surface area contributed by atoms with E-state index in [1.807, 2.05) is 0 Å². The third-order valence-corrected chi connectivity index (χ3v) is 5.22. The second kappa shape index (κ2) is 10.1. The first-order chi connectivity index (χ1) is 16.6. The maximum atomic E-state index is 12.8. The molecule has 0 aliphatic carbocycles. The van der Waals surface area contributed by atoms with Gasteiger partial charge >= 0.3 is 29.0 Å². The molecule has 8 nitrogen and oxygen atoms in total. The Balaban J connectivity index is 0.00000289. The number of hydrogen-bond acceptors (Lipinski definition) is 6. The number of esters is 2. The van der Waals surface area contributed by atoms with Gasteiger partial charge in [0.05, 0.1) is 47.1 Å². The van der Waals surface area contributed by atoms with Gasteiger partial charge in [0.1, 0.15) is 0 Å². The monoisotopic (exact) mass is 507 g/mol. The molecule has 3 aromatic heterocycles. The van der Waals surface area contributed by atoms with Gasteiger partial charge < -0.3 is 19.4 Å². The molecule has 174 valence electrons. The summed E-state index contributed by atoms with van der Waals surface area (Å²) in [7, 11) is 0. The van der Waals surface area contributed by atoms with Gasteiger partial charge in [0.25, 0.3) is 0 Å². The van der Waals surface area contributed by atoms with Crippen molar-refractivity contribution in [2.24, 2.45) is 0 Å².